The summed E-state index contributed by atoms with van der Waals surface area (Å²) in [5, 5.41) is 9.62. The van der Waals surface area contributed by atoms with Crippen LogP contribution in [0.15, 0.2) is 24.3 Å². The number of hydrogen-bond acceptors (Lipinski definition) is 4. The maximum absolute atomic E-state index is 11.0. The average Bonchev–Trinajstić information content (AvgIpc) is 2.46. The Bertz CT molecular complexity index is 422. The van der Waals surface area contributed by atoms with Gasteiger partial charge in [-0.25, -0.2) is 0 Å². The molecule has 0 amide bonds. The van der Waals surface area contributed by atoms with Crippen LogP contribution in [-0.2, 0) is 14.9 Å². The lowest BCUT2D eigenvalue weighted by atomic mass is 9.80. The molecule has 19 heavy (non-hydrogen) atoms. The molecule has 106 valence electrons. The first-order chi connectivity index (χ1) is 9.05. The van der Waals surface area contributed by atoms with Crippen LogP contribution in [0.25, 0.3) is 0 Å². The van der Waals surface area contributed by atoms with Gasteiger partial charge in [0.1, 0.15) is 11.6 Å². The van der Waals surface area contributed by atoms with Gasteiger partial charge in [-0.05, 0) is 24.1 Å². The van der Waals surface area contributed by atoms with Crippen LogP contribution in [-0.4, -0.2) is 37.3 Å². The van der Waals surface area contributed by atoms with Gasteiger partial charge in [0, 0.05) is 5.41 Å². The molecule has 0 aliphatic heterocycles. The fourth-order valence-electron chi connectivity index (χ4n) is 1.74. The number of methoxy groups -OCH3 is 1. The molecule has 0 heterocycles. The first-order valence-electron chi connectivity index (χ1n) is 6.02. The minimum atomic E-state index is -0.485. The predicted molar refractivity (Wildman–Crippen MR) is 73.7 cm³/mol. The SMILES string of the molecule is COc1cccc(C(C)(CO)CCOC(=O)CCl)c1. The Balaban J connectivity index is 2.75. The van der Waals surface area contributed by atoms with E-state index in [1.54, 1.807) is 7.11 Å². The summed E-state index contributed by atoms with van der Waals surface area (Å²) in [6.07, 6.45) is 0.513. The molecule has 0 radical (unpaired) electrons. The lowest BCUT2D eigenvalue weighted by Crippen LogP contribution is -2.29. The smallest absolute Gasteiger partial charge is 0.320 e. The van der Waals surface area contributed by atoms with E-state index in [1.165, 1.54) is 0 Å². The molecule has 1 aromatic carbocycles. The maximum atomic E-state index is 11.0. The van der Waals surface area contributed by atoms with Crippen molar-refractivity contribution in [2.45, 2.75) is 18.8 Å². The van der Waals surface area contributed by atoms with Crippen molar-refractivity contribution in [1.82, 2.24) is 0 Å². The summed E-state index contributed by atoms with van der Waals surface area (Å²) in [4.78, 5) is 11.0. The summed E-state index contributed by atoms with van der Waals surface area (Å²) in [6.45, 7) is 2.09. The second-order valence-electron chi connectivity index (χ2n) is 4.55. The Morgan fingerprint density at radius 2 is 2.21 bits per heavy atom. The third-order valence-electron chi connectivity index (χ3n) is 3.14. The molecular weight excluding hydrogens is 268 g/mol. The van der Waals surface area contributed by atoms with Crippen LogP contribution in [0, 0.1) is 0 Å². The van der Waals surface area contributed by atoms with Crippen LogP contribution in [0.2, 0.25) is 0 Å². The van der Waals surface area contributed by atoms with Crippen LogP contribution in [0.3, 0.4) is 0 Å². The standard InChI is InChI=1S/C14H19ClO4/c1-14(10-16,6-7-19-13(17)9-15)11-4-3-5-12(8-11)18-2/h3-5,8,16H,6-7,9-10H2,1-2H3. The van der Waals surface area contributed by atoms with Gasteiger partial charge in [0.2, 0.25) is 0 Å². The van der Waals surface area contributed by atoms with Crippen LogP contribution >= 0.6 is 11.6 Å². The van der Waals surface area contributed by atoms with E-state index in [9.17, 15) is 9.90 Å². The van der Waals surface area contributed by atoms with Gasteiger partial charge in [0.05, 0.1) is 20.3 Å². The van der Waals surface area contributed by atoms with Gasteiger partial charge in [-0.15, -0.1) is 11.6 Å². The molecular formula is C14H19ClO4. The second-order valence-corrected chi connectivity index (χ2v) is 4.82. The molecule has 1 N–H and O–H groups in total. The van der Waals surface area contributed by atoms with Crippen LogP contribution in [0.1, 0.15) is 18.9 Å². The zero-order valence-electron chi connectivity index (χ0n) is 11.2. The van der Waals surface area contributed by atoms with Crippen molar-refractivity contribution in [3.05, 3.63) is 29.8 Å². The number of esters is 1. The number of halogens is 1. The fourth-order valence-corrected chi connectivity index (χ4v) is 1.82. The highest BCUT2D eigenvalue weighted by Crippen LogP contribution is 2.29. The Hall–Kier alpha value is -1.26. The zero-order chi connectivity index (χ0) is 14.3. The molecule has 1 unspecified atom stereocenters. The average molecular weight is 287 g/mol. The van der Waals surface area contributed by atoms with Crippen LogP contribution in [0.5, 0.6) is 5.75 Å². The largest absolute Gasteiger partial charge is 0.497 e. The van der Waals surface area contributed by atoms with E-state index < -0.39 is 11.4 Å². The van der Waals surface area contributed by atoms with Gasteiger partial charge in [-0.3, -0.25) is 4.79 Å². The lowest BCUT2D eigenvalue weighted by molar-refractivity contribution is -0.141. The van der Waals surface area contributed by atoms with Crippen molar-refractivity contribution in [2.24, 2.45) is 0 Å². The number of hydrogen-bond donors (Lipinski definition) is 1. The van der Waals surface area contributed by atoms with Gasteiger partial charge in [-0.2, -0.15) is 0 Å². The molecule has 0 spiro atoms. The van der Waals surface area contributed by atoms with E-state index >= 15 is 0 Å². The quantitative estimate of drug-likeness (QED) is 0.616. The number of benzene rings is 1. The molecule has 1 aromatic rings. The molecule has 0 aromatic heterocycles. The van der Waals surface area contributed by atoms with E-state index in [0.717, 1.165) is 11.3 Å². The topological polar surface area (TPSA) is 55.8 Å². The summed E-state index contributed by atoms with van der Waals surface area (Å²) in [7, 11) is 1.59. The minimum Gasteiger partial charge on any atom is -0.497 e. The number of ether oxygens (including phenoxy) is 2. The molecule has 0 fully saturated rings. The molecule has 0 aliphatic rings. The van der Waals surface area contributed by atoms with Crippen molar-refractivity contribution >= 4 is 17.6 Å². The van der Waals surface area contributed by atoms with E-state index in [-0.39, 0.29) is 19.1 Å². The summed E-state index contributed by atoms with van der Waals surface area (Å²) in [5.74, 6) is 0.122. The summed E-state index contributed by atoms with van der Waals surface area (Å²) in [5.41, 5.74) is 0.456. The third-order valence-corrected chi connectivity index (χ3v) is 3.36. The Morgan fingerprint density at radius 3 is 2.79 bits per heavy atom. The van der Waals surface area contributed by atoms with Gasteiger partial charge >= 0.3 is 5.97 Å². The van der Waals surface area contributed by atoms with E-state index in [4.69, 9.17) is 21.1 Å². The maximum Gasteiger partial charge on any atom is 0.320 e. The van der Waals surface area contributed by atoms with Crippen LogP contribution in [0.4, 0.5) is 0 Å². The number of aliphatic hydroxyl groups is 1. The fraction of sp³-hybridized carbons (Fsp3) is 0.500. The van der Waals surface area contributed by atoms with E-state index in [0.29, 0.717) is 6.42 Å². The predicted octanol–water partition coefficient (Wildman–Crippen LogP) is 2.12. The Labute approximate surface area is 118 Å². The molecule has 0 saturated heterocycles. The summed E-state index contributed by atoms with van der Waals surface area (Å²) >= 11 is 5.35. The lowest BCUT2D eigenvalue weighted by Gasteiger charge is -2.28. The molecule has 0 aliphatic carbocycles. The van der Waals surface area contributed by atoms with Gasteiger partial charge in [0.25, 0.3) is 0 Å². The van der Waals surface area contributed by atoms with Gasteiger partial charge in [-0.1, -0.05) is 19.1 Å². The highest BCUT2D eigenvalue weighted by molar-refractivity contribution is 6.26. The normalized spacial score (nSPS) is 13.7. The summed E-state index contributed by atoms with van der Waals surface area (Å²) in [6, 6.07) is 7.50. The first-order valence-corrected chi connectivity index (χ1v) is 6.56. The van der Waals surface area contributed by atoms with E-state index in [2.05, 4.69) is 0 Å². The van der Waals surface area contributed by atoms with Crippen molar-refractivity contribution in [3.8, 4) is 5.75 Å². The van der Waals surface area contributed by atoms with Gasteiger partial charge < -0.3 is 14.6 Å². The highest BCUT2D eigenvalue weighted by atomic mass is 35.5. The molecule has 5 heteroatoms. The number of aliphatic hydroxyl groups excluding tert-OH is 1. The number of rotatable bonds is 7. The molecule has 4 nitrogen and oxygen atoms in total. The third kappa shape index (κ3) is 4.40. The van der Waals surface area contributed by atoms with Gasteiger partial charge in [0.15, 0.2) is 0 Å². The first kappa shape index (κ1) is 15.8. The van der Waals surface area contributed by atoms with Crippen molar-refractivity contribution in [2.75, 3.05) is 26.2 Å². The number of carbonyl (C=O) groups is 1. The minimum absolute atomic E-state index is 0.0431. The van der Waals surface area contributed by atoms with Crippen molar-refractivity contribution < 1.29 is 19.4 Å². The van der Waals surface area contributed by atoms with Crippen molar-refractivity contribution in [3.63, 3.8) is 0 Å². The molecule has 0 saturated carbocycles. The van der Waals surface area contributed by atoms with Crippen LogP contribution < -0.4 is 4.74 Å². The zero-order valence-corrected chi connectivity index (χ0v) is 11.9. The van der Waals surface area contributed by atoms with E-state index in [1.807, 2.05) is 31.2 Å². The molecule has 0 bridgehead atoms. The highest BCUT2D eigenvalue weighted by Gasteiger charge is 2.26. The Kier molecular flexibility index (Phi) is 6.12. The second kappa shape index (κ2) is 7.36. The Morgan fingerprint density at radius 1 is 1.47 bits per heavy atom. The monoisotopic (exact) mass is 286 g/mol. The number of carbonyl (C=O) groups excluding carboxylic acids is 1. The molecule has 1 atom stereocenters. The summed E-state index contributed by atoms with van der Waals surface area (Å²) < 4.78 is 10.1. The number of alkyl halides is 1. The van der Waals surface area contributed by atoms with Crippen molar-refractivity contribution in [1.29, 1.82) is 0 Å². The molecule has 1 rings (SSSR count).